The Morgan fingerprint density at radius 2 is 2.07 bits per heavy atom. The zero-order valence-electron chi connectivity index (χ0n) is 9.63. The van der Waals surface area contributed by atoms with Gasteiger partial charge in [0.1, 0.15) is 0 Å². The Morgan fingerprint density at radius 1 is 1.43 bits per heavy atom. The fourth-order valence-electron chi connectivity index (χ4n) is 1.38. The first-order valence-electron chi connectivity index (χ1n) is 5.19. The molecule has 1 nitrogen and oxygen atoms in total. The second-order valence-electron chi connectivity index (χ2n) is 5.08. The van der Waals surface area contributed by atoms with Gasteiger partial charge in [0, 0.05) is 10.9 Å². The van der Waals surface area contributed by atoms with E-state index in [1.807, 2.05) is 11.3 Å². The van der Waals surface area contributed by atoms with Crippen LogP contribution in [0.4, 0.5) is 0 Å². The lowest BCUT2D eigenvalue weighted by Crippen LogP contribution is -2.35. The first-order valence-corrected chi connectivity index (χ1v) is 6.07. The monoisotopic (exact) mass is 211 g/mol. The lowest BCUT2D eigenvalue weighted by atomic mass is 9.84. The number of thiophene rings is 1. The standard InChI is InChI=1S/C12H21NS/c1-9-7-10(8-14-9)5-6-11(13)12(2,3)4/h7-8,11H,5-6,13H2,1-4H3. The summed E-state index contributed by atoms with van der Waals surface area (Å²) in [5.74, 6) is 0. The zero-order valence-corrected chi connectivity index (χ0v) is 10.4. The molecule has 0 aliphatic rings. The van der Waals surface area contributed by atoms with Crippen molar-refractivity contribution in [2.45, 2.75) is 46.6 Å². The van der Waals surface area contributed by atoms with E-state index in [-0.39, 0.29) is 5.41 Å². The van der Waals surface area contributed by atoms with Crippen LogP contribution in [0.15, 0.2) is 11.4 Å². The average molecular weight is 211 g/mol. The van der Waals surface area contributed by atoms with Crippen molar-refractivity contribution in [2.75, 3.05) is 0 Å². The Labute approximate surface area is 91.3 Å². The number of hydrogen-bond donors (Lipinski definition) is 1. The summed E-state index contributed by atoms with van der Waals surface area (Å²) in [5.41, 5.74) is 7.77. The summed E-state index contributed by atoms with van der Waals surface area (Å²) in [6.45, 7) is 8.77. The van der Waals surface area contributed by atoms with Crippen LogP contribution in [0.2, 0.25) is 0 Å². The fourth-order valence-corrected chi connectivity index (χ4v) is 2.13. The summed E-state index contributed by atoms with van der Waals surface area (Å²) in [6.07, 6.45) is 2.20. The molecule has 0 fully saturated rings. The third kappa shape index (κ3) is 3.43. The molecule has 0 amide bonds. The van der Waals surface area contributed by atoms with Gasteiger partial charge in [-0.2, -0.15) is 0 Å². The van der Waals surface area contributed by atoms with Gasteiger partial charge in [0.05, 0.1) is 0 Å². The van der Waals surface area contributed by atoms with E-state index in [1.54, 1.807) is 0 Å². The molecule has 1 aromatic rings. The molecule has 80 valence electrons. The lowest BCUT2D eigenvalue weighted by Gasteiger charge is -2.26. The Morgan fingerprint density at radius 3 is 2.50 bits per heavy atom. The van der Waals surface area contributed by atoms with Crippen molar-refractivity contribution in [2.24, 2.45) is 11.1 Å². The SMILES string of the molecule is Cc1cc(CCC(N)C(C)(C)C)cs1. The van der Waals surface area contributed by atoms with Gasteiger partial charge in [0.2, 0.25) is 0 Å². The van der Waals surface area contributed by atoms with Crippen LogP contribution in [-0.2, 0) is 6.42 Å². The van der Waals surface area contributed by atoms with E-state index < -0.39 is 0 Å². The van der Waals surface area contributed by atoms with Crippen molar-refractivity contribution in [3.63, 3.8) is 0 Å². The predicted molar refractivity (Wildman–Crippen MR) is 64.8 cm³/mol. The highest BCUT2D eigenvalue weighted by atomic mass is 32.1. The van der Waals surface area contributed by atoms with Crippen LogP contribution >= 0.6 is 11.3 Å². The Bertz CT molecular complexity index is 283. The summed E-state index contributed by atoms with van der Waals surface area (Å²) in [4.78, 5) is 1.39. The fraction of sp³-hybridized carbons (Fsp3) is 0.667. The molecular formula is C12H21NS. The van der Waals surface area contributed by atoms with E-state index in [9.17, 15) is 0 Å². The molecule has 0 radical (unpaired) electrons. The van der Waals surface area contributed by atoms with Crippen LogP contribution in [0.5, 0.6) is 0 Å². The topological polar surface area (TPSA) is 26.0 Å². The highest BCUT2D eigenvalue weighted by Gasteiger charge is 2.19. The molecule has 1 atom stereocenters. The molecule has 2 N–H and O–H groups in total. The van der Waals surface area contributed by atoms with E-state index in [0.717, 1.165) is 12.8 Å². The minimum Gasteiger partial charge on any atom is -0.327 e. The smallest absolute Gasteiger partial charge is 0.00908 e. The van der Waals surface area contributed by atoms with E-state index in [4.69, 9.17) is 5.73 Å². The maximum Gasteiger partial charge on any atom is 0.00908 e. The van der Waals surface area contributed by atoms with Crippen LogP contribution in [-0.4, -0.2) is 6.04 Å². The number of aryl methyl sites for hydroxylation is 2. The summed E-state index contributed by atoms with van der Waals surface area (Å²) >= 11 is 1.82. The van der Waals surface area contributed by atoms with E-state index >= 15 is 0 Å². The minimum absolute atomic E-state index is 0.227. The molecule has 0 spiro atoms. The summed E-state index contributed by atoms with van der Waals surface area (Å²) in [6, 6.07) is 2.56. The largest absolute Gasteiger partial charge is 0.327 e. The first-order chi connectivity index (χ1) is 6.39. The second kappa shape index (κ2) is 4.45. The van der Waals surface area contributed by atoms with E-state index in [0.29, 0.717) is 6.04 Å². The molecule has 14 heavy (non-hydrogen) atoms. The Balaban J connectivity index is 2.41. The van der Waals surface area contributed by atoms with Crippen LogP contribution in [0, 0.1) is 12.3 Å². The van der Waals surface area contributed by atoms with Crippen molar-refractivity contribution in [1.82, 2.24) is 0 Å². The normalized spacial score (nSPS) is 14.4. The van der Waals surface area contributed by atoms with Crippen molar-refractivity contribution in [3.05, 3.63) is 21.9 Å². The van der Waals surface area contributed by atoms with E-state index in [1.165, 1.54) is 10.4 Å². The maximum atomic E-state index is 6.11. The van der Waals surface area contributed by atoms with Gasteiger partial charge in [-0.25, -0.2) is 0 Å². The van der Waals surface area contributed by atoms with Crippen LogP contribution < -0.4 is 5.73 Å². The molecule has 1 heterocycles. The molecule has 0 bridgehead atoms. The number of hydrogen-bond acceptors (Lipinski definition) is 2. The summed E-state index contributed by atoms with van der Waals surface area (Å²) < 4.78 is 0. The van der Waals surface area contributed by atoms with Gasteiger partial charge < -0.3 is 5.73 Å². The molecule has 1 rings (SSSR count). The predicted octanol–water partition coefficient (Wildman–Crippen LogP) is 3.36. The van der Waals surface area contributed by atoms with E-state index in [2.05, 4.69) is 39.1 Å². The molecule has 0 saturated heterocycles. The molecular weight excluding hydrogens is 190 g/mol. The van der Waals surface area contributed by atoms with Crippen molar-refractivity contribution in [3.8, 4) is 0 Å². The second-order valence-corrected chi connectivity index (χ2v) is 6.19. The van der Waals surface area contributed by atoms with Crippen LogP contribution in [0.1, 0.15) is 37.6 Å². The quantitative estimate of drug-likeness (QED) is 0.815. The molecule has 0 aliphatic heterocycles. The van der Waals surface area contributed by atoms with Gasteiger partial charge in [-0.3, -0.25) is 0 Å². The zero-order chi connectivity index (χ0) is 10.8. The highest BCUT2D eigenvalue weighted by Crippen LogP contribution is 2.22. The molecule has 2 heteroatoms. The number of rotatable bonds is 3. The van der Waals surface area contributed by atoms with Gasteiger partial charge in [0.25, 0.3) is 0 Å². The molecule has 0 aliphatic carbocycles. The molecule has 0 aromatic carbocycles. The van der Waals surface area contributed by atoms with Crippen LogP contribution in [0.3, 0.4) is 0 Å². The Hall–Kier alpha value is -0.340. The van der Waals surface area contributed by atoms with Gasteiger partial charge in [0.15, 0.2) is 0 Å². The summed E-state index contributed by atoms with van der Waals surface area (Å²) in [7, 11) is 0. The highest BCUT2D eigenvalue weighted by molar-refractivity contribution is 7.10. The van der Waals surface area contributed by atoms with Crippen LogP contribution in [0.25, 0.3) is 0 Å². The van der Waals surface area contributed by atoms with Gasteiger partial charge in [-0.05, 0) is 42.2 Å². The number of nitrogens with two attached hydrogens (primary N) is 1. The molecule has 1 aromatic heterocycles. The van der Waals surface area contributed by atoms with Crippen molar-refractivity contribution in [1.29, 1.82) is 0 Å². The summed E-state index contributed by atoms with van der Waals surface area (Å²) in [5, 5.41) is 2.24. The minimum atomic E-state index is 0.227. The molecule has 0 saturated carbocycles. The molecule has 1 unspecified atom stereocenters. The van der Waals surface area contributed by atoms with Crippen molar-refractivity contribution < 1.29 is 0 Å². The first kappa shape index (κ1) is 11.7. The third-order valence-corrected chi connectivity index (χ3v) is 3.55. The van der Waals surface area contributed by atoms with Gasteiger partial charge in [-0.15, -0.1) is 11.3 Å². The van der Waals surface area contributed by atoms with Crippen molar-refractivity contribution >= 4 is 11.3 Å². The average Bonchev–Trinajstić information content (AvgIpc) is 2.45. The maximum absolute atomic E-state index is 6.11. The van der Waals surface area contributed by atoms with Gasteiger partial charge >= 0.3 is 0 Å². The van der Waals surface area contributed by atoms with Gasteiger partial charge in [-0.1, -0.05) is 20.8 Å². The lowest BCUT2D eigenvalue weighted by molar-refractivity contribution is 0.306. The Kier molecular flexibility index (Phi) is 3.73. The third-order valence-electron chi connectivity index (χ3n) is 2.64.